The molecule has 53 heavy (non-hydrogen) atoms. The zero-order chi connectivity index (χ0) is 39.5. The van der Waals surface area contributed by atoms with Gasteiger partial charge in [-0.3, -0.25) is 24.0 Å². The molecular formula is C35H50N8O10. The number of nitrogens with one attached hydrogen (secondary N) is 5. The van der Waals surface area contributed by atoms with Crippen molar-refractivity contribution < 1.29 is 47.8 Å². The van der Waals surface area contributed by atoms with Crippen molar-refractivity contribution in [2.45, 2.75) is 110 Å². The van der Waals surface area contributed by atoms with E-state index in [-0.39, 0.29) is 18.6 Å². The number of aromatic amines is 1. The van der Waals surface area contributed by atoms with Crippen molar-refractivity contribution in [1.82, 2.24) is 36.1 Å². The van der Waals surface area contributed by atoms with E-state index in [0.717, 1.165) is 0 Å². The first-order valence-corrected chi connectivity index (χ1v) is 17.1. The predicted octanol–water partition coefficient (Wildman–Crippen LogP) is 0.984. The Morgan fingerprint density at radius 3 is 2.15 bits per heavy atom. The quantitative estimate of drug-likeness (QED) is 0.118. The Hall–Kier alpha value is -5.68. The summed E-state index contributed by atoms with van der Waals surface area (Å²) in [6.45, 7) is 11.2. The summed E-state index contributed by atoms with van der Waals surface area (Å²) in [5.41, 5.74) is 5.00. The molecule has 6 amide bonds. The first kappa shape index (κ1) is 41.7. The van der Waals surface area contributed by atoms with Gasteiger partial charge in [-0.05, 0) is 79.0 Å². The van der Waals surface area contributed by atoms with Gasteiger partial charge in [-0.2, -0.15) is 0 Å². The number of nitrogens with two attached hydrogens (primary N) is 1. The van der Waals surface area contributed by atoms with Gasteiger partial charge in [-0.15, -0.1) is 0 Å². The molecule has 0 saturated carbocycles. The monoisotopic (exact) mass is 742 g/mol. The lowest BCUT2D eigenvalue weighted by Gasteiger charge is -2.27. The number of carbonyl (C=O) groups is 7. The number of rotatable bonds is 14. The largest absolute Gasteiger partial charge is 0.514 e. The Balaban J connectivity index is 1.63. The molecule has 1 aliphatic rings. The van der Waals surface area contributed by atoms with Gasteiger partial charge < -0.3 is 51.1 Å². The first-order valence-electron chi connectivity index (χ1n) is 17.1. The van der Waals surface area contributed by atoms with Crippen LogP contribution in [-0.2, 0) is 46.3 Å². The molecule has 2 heterocycles. The molecule has 0 spiro atoms. The fraction of sp³-hybridized carbons (Fsp3) is 0.543. The number of hydrogen-bond acceptors (Lipinski definition) is 11. The molecule has 0 aliphatic carbocycles. The number of amides is 6. The summed E-state index contributed by atoms with van der Waals surface area (Å²) in [6, 6.07) is 1.93. The molecule has 1 aliphatic heterocycles. The van der Waals surface area contributed by atoms with Crippen molar-refractivity contribution >= 4 is 41.8 Å². The smallest absolute Gasteiger partial charge is 0.444 e. The van der Waals surface area contributed by atoms with Gasteiger partial charge in [0.05, 0.1) is 12.9 Å². The van der Waals surface area contributed by atoms with Crippen LogP contribution in [0.5, 0.6) is 5.75 Å². The van der Waals surface area contributed by atoms with Crippen molar-refractivity contribution in [3.8, 4) is 5.75 Å². The van der Waals surface area contributed by atoms with Crippen LogP contribution in [0.1, 0.15) is 72.6 Å². The van der Waals surface area contributed by atoms with Crippen molar-refractivity contribution in [3.05, 3.63) is 48.0 Å². The highest BCUT2D eigenvalue weighted by Gasteiger charge is 2.37. The molecule has 290 valence electrons. The lowest BCUT2D eigenvalue weighted by molar-refractivity contribution is -0.140. The molecule has 2 aromatic rings. The molecule has 18 heteroatoms. The van der Waals surface area contributed by atoms with Gasteiger partial charge in [0.25, 0.3) is 0 Å². The van der Waals surface area contributed by atoms with Gasteiger partial charge in [0, 0.05) is 31.3 Å². The van der Waals surface area contributed by atoms with E-state index in [4.69, 9.17) is 19.9 Å². The molecule has 1 aromatic carbocycles. The Labute approximate surface area is 307 Å². The van der Waals surface area contributed by atoms with Gasteiger partial charge in [0.1, 0.15) is 41.1 Å². The summed E-state index contributed by atoms with van der Waals surface area (Å²) in [7, 11) is 0. The van der Waals surface area contributed by atoms with E-state index in [1.54, 1.807) is 53.7 Å². The molecule has 18 nitrogen and oxygen atoms in total. The van der Waals surface area contributed by atoms with Gasteiger partial charge in [0.2, 0.25) is 29.5 Å². The van der Waals surface area contributed by atoms with Crippen LogP contribution in [0.25, 0.3) is 0 Å². The SMILES string of the molecule is C[C@H](NC(=O)[C@H](Cc1ccc(OC(=O)OC(C)(C)C)cc1)NC(=O)OC(C)(C)C)C(=O)NCC(=O)N[C@H](Cc1cnc[nH]1)C(=O)N1CCC[C@@H]1C(N)=O. The van der Waals surface area contributed by atoms with E-state index in [2.05, 4.69) is 31.2 Å². The molecule has 0 bridgehead atoms. The van der Waals surface area contributed by atoms with Crippen LogP contribution in [0.4, 0.5) is 9.59 Å². The van der Waals surface area contributed by atoms with E-state index in [1.807, 2.05) is 0 Å². The molecule has 3 rings (SSSR count). The summed E-state index contributed by atoms with van der Waals surface area (Å²) in [5, 5.41) is 10.1. The summed E-state index contributed by atoms with van der Waals surface area (Å²) >= 11 is 0. The Kier molecular flexibility index (Phi) is 14.3. The van der Waals surface area contributed by atoms with Crippen molar-refractivity contribution in [2.24, 2.45) is 5.73 Å². The lowest BCUT2D eigenvalue weighted by atomic mass is 10.0. The topological polar surface area (TPSA) is 253 Å². The molecule has 1 aromatic heterocycles. The van der Waals surface area contributed by atoms with E-state index in [1.165, 1.54) is 36.5 Å². The van der Waals surface area contributed by atoms with E-state index in [9.17, 15) is 33.6 Å². The molecule has 7 N–H and O–H groups in total. The minimum atomic E-state index is -1.20. The summed E-state index contributed by atoms with van der Waals surface area (Å²) in [4.78, 5) is 97.5. The third-order valence-electron chi connectivity index (χ3n) is 7.61. The van der Waals surface area contributed by atoms with Crippen LogP contribution in [0, 0.1) is 0 Å². The van der Waals surface area contributed by atoms with Gasteiger partial charge in [0.15, 0.2) is 0 Å². The Bertz CT molecular complexity index is 1620. The normalized spacial score (nSPS) is 16.0. The standard InChI is InChI=1S/C35H50N8O10/c1-20(29(46)38-18-27(44)41-25(16-22-17-37-19-39-22)31(48)43-14-8-9-26(43)28(36)45)40-30(47)24(42-32(49)52-34(2,3)4)15-21-10-12-23(13-11-21)51-33(50)53-35(5,6)7/h10-13,17,19-20,24-26H,8-9,14-16,18H2,1-7H3,(H2,36,45)(H,37,39)(H,38,46)(H,40,47)(H,41,44)(H,42,49)/t20-,24-,25+,26+/m0/s1. The van der Waals surface area contributed by atoms with Crippen LogP contribution in [0.2, 0.25) is 0 Å². The van der Waals surface area contributed by atoms with Crippen LogP contribution < -0.4 is 31.7 Å². The maximum atomic E-state index is 13.4. The molecule has 4 atom stereocenters. The maximum Gasteiger partial charge on any atom is 0.514 e. The predicted molar refractivity (Wildman–Crippen MR) is 189 cm³/mol. The molecule has 0 unspecified atom stereocenters. The highest BCUT2D eigenvalue weighted by molar-refractivity contribution is 5.95. The van der Waals surface area contributed by atoms with Crippen LogP contribution in [0.15, 0.2) is 36.8 Å². The minimum Gasteiger partial charge on any atom is -0.444 e. The zero-order valence-electron chi connectivity index (χ0n) is 31.1. The number of H-pyrrole nitrogens is 1. The Morgan fingerprint density at radius 1 is 0.906 bits per heavy atom. The zero-order valence-corrected chi connectivity index (χ0v) is 31.1. The second kappa shape index (κ2) is 18.2. The van der Waals surface area contributed by atoms with Crippen molar-refractivity contribution in [3.63, 3.8) is 0 Å². The van der Waals surface area contributed by atoms with Crippen LogP contribution in [-0.4, -0.2) is 105 Å². The van der Waals surface area contributed by atoms with E-state index < -0.39 is 83.7 Å². The molecule has 0 radical (unpaired) electrons. The third-order valence-corrected chi connectivity index (χ3v) is 7.61. The second-order valence-corrected chi connectivity index (χ2v) is 14.6. The maximum absolute atomic E-state index is 13.4. The van der Waals surface area contributed by atoms with Gasteiger partial charge in [-0.25, -0.2) is 14.6 Å². The lowest BCUT2D eigenvalue weighted by Crippen LogP contribution is -2.56. The minimum absolute atomic E-state index is 0.0338. The van der Waals surface area contributed by atoms with E-state index >= 15 is 0 Å². The number of likely N-dealkylation sites (tertiary alicyclic amines) is 1. The van der Waals surface area contributed by atoms with Crippen molar-refractivity contribution in [1.29, 1.82) is 0 Å². The number of alkyl carbamates (subject to hydrolysis) is 1. The summed E-state index contributed by atoms with van der Waals surface area (Å²) in [6.07, 6.45) is 2.16. The highest BCUT2D eigenvalue weighted by Crippen LogP contribution is 2.19. The van der Waals surface area contributed by atoms with Crippen LogP contribution >= 0.6 is 0 Å². The number of aromatic nitrogens is 2. The number of imidazole rings is 1. The second-order valence-electron chi connectivity index (χ2n) is 14.6. The fourth-order valence-corrected chi connectivity index (χ4v) is 5.24. The Morgan fingerprint density at radius 2 is 1.57 bits per heavy atom. The molecule has 1 fully saturated rings. The van der Waals surface area contributed by atoms with Crippen molar-refractivity contribution in [2.75, 3.05) is 13.1 Å². The molecular weight excluding hydrogens is 692 g/mol. The van der Waals surface area contributed by atoms with Gasteiger partial charge in [-0.1, -0.05) is 12.1 Å². The number of primary amides is 1. The number of hydrogen-bond donors (Lipinski definition) is 6. The summed E-state index contributed by atoms with van der Waals surface area (Å²) in [5.74, 6) is -3.10. The summed E-state index contributed by atoms with van der Waals surface area (Å²) < 4.78 is 15.7. The number of ether oxygens (including phenoxy) is 3. The van der Waals surface area contributed by atoms with E-state index in [0.29, 0.717) is 30.6 Å². The van der Waals surface area contributed by atoms with Gasteiger partial charge >= 0.3 is 12.2 Å². The average Bonchev–Trinajstić information content (AvgIpc) is 3.74. The number of carbonyl (C=O) groups excluding carboxylic acids is 7. The third kappa shape index (κ3) is 14.1. The highest BCUT2D eigenvalue weighted by atomic mass is 16.7. The number of benzene rings is 1. The fourth-order valence-electron chi connectivity index (χ4n) is 5.24. The average molecular weight is 743 g/mol. The number of nitrogens with zero attached hydrogens (tertiary/aromatic N) is 2. The van der Waals surface area contributed by atoms with Crippen LogP contribution in [0.3, 0.4) is 0 Å². The first-order chi connectivity index (χ1) is 24.7. The molecule has 1 saturated heterocycles.